The summed E-state index contributed by atoms with van der Waals surface area (Å²) in [5, 5.41) is 3.45. The van der Waals surface area contributed by atoms with Gasteiger partial charge in [0.2, 0.25) is 0 Å². The van der Waals surface area contributed by atoms with Crippen LogP contribution in [0.25, 0.3) is 23.2 Å². The predicted octanol–water partition coefficient (Wildman–Crippen LogP) is 3.04. The molecule has 7 nitrogen and oxygen atoms in total. The van der Waals surface area contributed by atoms with Crippen LogP contribution in [-0.4, -0.2) is 42.3 Å². The lowest BCUT2D eigenvalue weighted by Crippen LogP contribution is -2.61. The normalized spacial score (nSPS) is 27.3. The van der Waals surface area contributed by atoms with Crippen molar-refractivity contribution in [1.29, 1.82) is 0 Å². The number of aromatic amines is 1. The largest absolute Gasteiger partial charge is 0.347 e. The molecule has 30 heavy (non-hydrogen) atoms. The van der Waals surface area contributed by atoms with Crippen LogP contribution in [0.4, 0.5) is 4.39 Å². The number of alkyl halides is 1. The summed E-state index contributed by atoms with van der Waals surface area (Å²) < 4.78 is 16.8. The first-order valence-corrected chi connectivity index (χ1v) is 10.2. The Kier molecular flexibility index (Phi) is 4.58. The van der Waals surface area contributed by atoms with E-state index in [-0.39, 0.29) is 5.43 Å². The molecule has 2 saturated heterocycles. The first-order chi connectivity index (χ1) is 14.5. The van der Waals surface area contributed by atoms with E-state index in [2.05, 4.69) is 25.3 Å². The number of halogens is 1. The maximum atomic E-state index is 15.1. The minimum absolute atomic E-state index is 0.166. The molecular weight excluding hydrogens is 383 g/mol. The molecule has 3 aromatic heterocycles. The Balaban J connectivity index is 1.40. The van der Waals surface area contributed by atoms with E-state index >= 15 is 4.39 Å². The average Bonchev–Trinajstić information content (AvgIpc) is 3.28. The van der Waals surface area contributed by atoms with Crippen LogP contribution in [0.15, 0.2) is 53.7 Å². The minimum atomic E-state index is -1.03. The Hall–Kier alpha value is -3.13. The fourth-order valence-electron chi connectivity index (χ4n) is 4.56. The van der Waals surface area contributed by atoms with Crippen molar-refractivity contribution < 1.29 is 4.39 Å². The zero-order chi connectivity index (χ0) is 20.7. The Morgan fingerprint density at radius 1 is 1.33 bits per heavy atom. The van der Waals surface area contributed by atoms with E-state index in [4.69, 9.17) is 0 Å². The Morgan fingerprint density at radius 3 is 2.97 bits per heavy atom. The van der Waals surface area contributed by atoms with E-state index in [9.17, 15) is 4.79 Å². The highest BCUT2D eigenvalue weighted by atomic mass is 19.1. The molecule has 0 spiro atoms. The molecule has 0 amide bonds. The molecule has 5 heterocycles. The number of nitrogens with one attached hydrogen (secondary N) is 2. The number of fused-ring (bicyclic) bond motifs is 2. The second-order valence-corrected chi connectivity index (χ2v) is 8.33. The molecule has 2 aliphatic rings. The Labute approximate surface area is 173 Å². The maximum absolute atomic E-state index is 15.1. The van der Waals surface area contributed by atoms with Gasteiger partial charge in [-0.05, 0) is 44.3 Å². The molecular formula is C22H23FN6O. The van der Waals surface area contributed by atoms with Crippen LogP contribution in [0.1, 0.15) is 38.3 Å². The van der Waals surface area contributed by atoms with E-state index in [1.165, 1.54) is 6.07 Å². The highest BCUT2D eigenvalue weighted by Gasteiger charge is 2.45. The minimum Gasteiger partial charge on any atom is -0.347 e. The molecule has 0 saturated carbocycles. The number of hydrogen-bond donors (Lipinski definition) is 2. The second kappa shape index (κ2) is 7.28. The molecule has 0 aromatic carbocycles. The van der Waals surface area contributed by atoms with E-state index in [1.807, 2.05) is 13.0 Å². The van der Waals surface area contributed by atoms with Crippen LogP contribution in [0, 0.1) is 0 Å². The number of piperidine rings is 2. The monoisotopic (exact) mass is 406 g/mol. The SMILES string of the molecule is C[C@]12CCCC(C/C(=C\c3cnc(-c4c[nH]c(-n5ccnc5)cc4=O)cn3)[C@@H]1F)N2. The predicted molar refractivity (Wildman–Crippen MR) is 112 cm³/mol. The highest BCUT2D eigenvalue weighted by molar-refractivity contribution is 5.59. The molecule has 2 fully saturated rings. The molecule has 2 bridgehead atoms. The van der Waals surface area contributed by atoms with Gasteiger partial charge in [-0.1, -0.05) is 0 Å². The number of rotatable bonds is 3. The quantitative estimate of drug-likeness (QED) is 0.698. The first-order valence-electron chi connectivity index (χ1n) is 10.2. The summed E-state index contributed by atoms with van der Waals surface area (Å²) in [6, 6.07) is 1.82. The van der Waals surface area contributed by atoms with Crippen molar-refractivity contribution in [2.45, 2.75) is 50.4 Å². The van der Waals surface area contributed by atoms with Gasteiger partial charge >= 0.3 is 0 Å². The van der Waals surface area contributed by atoms with Gasteiger partial charge in [-0.25, -0.2) is 9.37 Å². The van der Waals surface area contributed by atoms with Gasteiger partial charge in [-0.2, -0.15) is 0 Å². The summed E-state index contributed by atoms with van der Waals surface area (Å²) in [4.78, 5) is 28.4. The Morgan fingerprint density at radius 2 is 2.23 bits per heavy atom. The Bertz CT molecular complexity index is 1140. The summed E-state index contributed by atoms with van der Waals surface area (Å²) in [6.45, 7) is 1.96. The molecule has 0 radical (unpaired) electrons. The fourth-order valence-corrected chi connectivity index (χ4v) is 4.56. The number of H-pyrrole nitrogens is 1. The van der Waals surface area contributed by atoms with Gasteiger partial charge in [-0.15, -0.1) is 0 Å². The van der Waals surface area contributed by atoms with Gasteiger partial charge in [0.25, 0.3) is 0 Å². The average molecular weight is 406 g/mol. The summed E-state index contributed by atoms with van der Waals surface area (Å²) >= 11 is 0. The number of nitrogens with zero attached hydrogens (tertiary/aromatic N) is 4. The third-order valence-corrected chi connectivity index (χ3v) is 6.11. The van der Waals surface area contributed by atoms with Crippen molar-refractivity contribution >= 4 is 6.08 Å². The molecule has 5 rings (SSSR count). The summed E-state index contributed by atoms with van der Waals surface area (Å²) in [5.74, 6) is 0.620. The molecule has 3 aromatic rings. The van der Waals surface area contributed by atoms with Crippen molar-refractivity contribution in [2.75, 3.05) is 0 Å². The number of aromatic nitrogens is 5. The van der Waals surface area contributed by atoms with Gasteiger partial charge in [0.1, 0.15) is 18.3 Å². The number of hydrogen-bond acceptors (Lipinski definition) is 5. The molecule has 1 unspecified atom stereocenters. The zero-order valence-corrected chi connectivity index (χ0v) is 16.7. The van der Waals surface area contributed by atoms with Crippen LogP contribution < -0.4 is 10.7 Å². The third-order valence-electron chi connectivity index (χ3n) is 6.11. The van der Waals surface area contributed by atoms with E-state index in [0.29, 0.717) is 35.2 Å². The molecule has 2 aliphatic heterocycles. The van der Waals surface area contributed by atoms with Gasteiger partial charge in [0, 0.05) is 30.7 Å². The summed E-state index contributed by atoms with van der Waals surface area (Å²) in [5.41, 5.74) is 1.61. The fraction of sp³-hybridized carbons (Fsp3) is 0.364. The second-order valence-electron chi connectivity index (χ2n) is 8.33. The molecule has 0 aliphatic carbocycles. The van der Waals surface area contributed by atoms with Crippen molar-refractivity contribution in [2.24, 2.45) is 0 Å². The van der Waals surface area contributed by atoms with E-state index < -0.39 is 11.7 Å². The first kappa shape index (κ1) is 18.9. The van der Waals surface area contributed by atoms with E-state index in [0.717, 1.165) is 24.8 Å². The van der Waals surface area contributed by atoms with Crippen LogP contribution in [0.3, 0.4) is 0 Å². The van der Waals surface area contributed by atoms with Gasteiger partial charge in [0.15, 0.2) is 5.43 Å². The van der Waals surface area contributed by atoms with Crippen molar-refractivity contribution in [3.8, 4) is 17.1 Å². The smallest absolute Gasteiger partial charge is 0.193 e. The van der Waals surface area contributed by atoms with Crippen LogP contribution in [0.2, 0.25) is 0 Å². The summed E-state index contributed by atoms with van der Waals surface area (Å²) in [7, 11) is 0. The maximum Gasteiger partial charge on any atom is 0.193 e. The number of pyridine rings is 1. The highest BCUT2D eigenvalue weighted by Crippen LogP contribution is 2.39. The molecule has 3 atom stereocenters. The molecule has 154 valence electrons. The zero-order valence-electron chi connectivity index (χ0n) is 16.7. The third kappa shape index (κ3) is 3.37. The van der Waals surface area contributed by atoms with Crippen molar-refractivity contribution in [3.05, 3.63) is 64.9 Å². The topological polar surface area (TPSA) is 88.5 Å². The lowest BCUT2D eigenvalue weighted by atomic mass is 9.74. The lowest BCUT2D eigenvalue weighted by Gasteiger charge is -2.47. The molecule has 2 N–H and O–H groups in total. The number of imidazole rings is 1. The van der Waals surface area contributed by atoms with Crippen LogP contribution in [-0.2, 0) is 0 Å². The van der Waals surface area contributed by atoms with Crippen molar-refractivity contribution in [3.63, 3.8) is 0 Å². The summed E-state index contributed by atoms with van der Waals surface area (Å²) in [6.07, 6.45) is 14.2. The van der Waals surface area contributed by atoms with Gasteiger partial charge in [-0.3, -0.25) is 19.3 Å². The standard InChI is InChI=1S/C22H23FN6O/c1-22-4-2-3-15(28-22)7-14(21(22)23)8-16-10-26-18(12-25-16)17-11-27-20(9-19(17)30)29-6-5-24-13-29/h5-6,8-13,15,21,28H,2-4,7H2,1H3,(H,27,30)/b14-8+/t15?,21-,22-/m0/s1. The van der Waals surface area contributed by atoms with E-state index in [1.54, 1.807) is 41.9 Å². The molecule has 8 heteroatoms. The van der Waals surface area contributed by atoms with Gasteiger partial charge < -0.3 is 10.3 Å². The van der Waals surface area contributed by atoms with Crippen molar-refractivity contribution in [1.82, 2.24) is 29.8 Å². The van der Waals surface area contributed by atoms with Gasteiger partial charge in [0.05, 0.1) is 34.9 Å². The van der Waals surface area contributed by atoms with Crippen LogP contribution in [0.5, 0.6) is 0 Å². The lowest BCUT2D eigenvalue weighted by molar-refractivity contribution is 0.0993. The van der Waals surface area contributed by atoms with Crippen LogP contribution >= 0.6 is 0 Å².